The minimum Gasteiger partial charge on any atom is -0.546 e. The predicted molar refractivity (Wildman–Crippen MR) is 180 cm³/mol. The van der Waals surface area contributed by atoms with Crippen LogP contribution in [0.1, 0.15) is 47.8 Å². The molecule has 0 aliphatic carbocycles. The number of oxime groups is 1. The second-order valence-electron chi connectivity index (χ2n) is 11.9. The average Bonchev–Trinajstić information content (AvgIpc) is 3.81. The Morgan fingerprint density at radius 1 is 1.25 bits per heavy atom. The van der Waals surface area contributed by atoms with Gasteiger partial charge in [0.1, 0.15) is 0 Å². The van der Waals surface area contributed by atoms with Crippen molar-refractivity contribution >= 4 is 75.0 Å². The number of nitrogens with zero attached hydrogens (tertiary/aromatic N) is 9. The first-order valence-corrected chi connectivity index (χ1v) is 17.4. The van der Waals surface area contributed by atoms with Gasteiger partial charge in [0.05, 0.1) is 39.4 Å². The molecule has 4 aromatic rings. The maximum atomic E-state index is 13.7. The average molecular weight is 792 g/mol. The van der Waals surface area contributed by atoms with E-state index in [4.69, 9.17) is 22.2 Å². The van der Waals surface area contributed by atoms with E-state index in [1.165, 1.54) is 42.6 Å². The second-order valence-corrected chi connectivity index (χ2v) is 14.2. The van der Waals surface area contributed by atoms with E-state index in [0.29, 0.717) is 18.0 Å². The molecule has 2 atom stereocenters. The van der Waals surface area contributed by atoms with E-state index >= 15 is 0 Å². The number of carbonyl (C=O) groups excluding carboxylic acids is 4. The minimum absolute atomic E-state index is 0. The van der Waals surface area contributed by atoms with Crippen molar-refractivity contribution < 1.29 is 73.5 Å². The van der Waals surface area contributed by atoms with Gasteiger partial charge >= 0.3 is 29.6 Å². The summed E-state index contributed by atoms with van der Waals surface area (Å²) in [6, 6.07) is 6.04. The Hall–Kier alpha value is -4.67. The number of pyridine rings is 1. The van der Waals surface area contributed by atoms with Crippen LogP contribution in [0.4, 0.5) is 5.13 Å². The van der Waals surface area contributed by atoms with Crippen LogP contribution in [0.25, 0.3) is 5.70 Å². The number of β-lactam (4-membered cyclic amide) rings is 1. The molecule has 1 saturated heterocycles. The molecule has 5 N–H and O–H groups in total. The second kappa shape index (κ2) is 16.1. The van der Waals surface area contributed by atoms with Gasteiger partial charge in [0.2, 0.25) is 11.7 Å². The number of carboxylic acids is 1. The molecule has 53 heavy (non-hydrogen) atoms. The smallest absolute Gasteiger partial charge is 0.546 e. The number of amides is 2. The number of nitrogens with two attached hydrogens (primary N) is 1. The minimum atomic E-state index is -1.88. The number of halogens is 1. The van der Waals surface area contributed by atoms with Crippen LogP contribution in [-0.4, -0.2) is 86.0 Å². The summed E-state index contributed by atoms with van der Waals surface area (Å²) in [6.45, 7) is 2.86. The Bertz CT molecular complexity index is 2130. The largest absolute Gasteiger partial charge is 1.00 e. The van der Waals surface area contributed by atoms with Crippen molar-refractivity contribution in [2.24, 2.45) is 11.1 Å². The van der Waals surface area contributed by atoms with E-state index in [2.05, 4.69) is 40.5 Å². The van der Waals surface area contributed by atoms with E-state index in [9.17, 15) is 34.5 Å². The summed E-state index contributed by atoms with van der Waals surface area (Å²) in [7, 11) is 0. The van der Waals surface area contributed by atoms with Crippen molar-refractivity contribution in [2.75, 3.05) is 11.5 Å². The van der Waals surface area contributed by atoms with Gasteiger partial charge in [-0.2, -0.15) is 14.6 Å². The summed E-state index contributed by atoms with van der Waals surface area (Å²) in [5.74, 6) is -4.57. The molecule has 3 aromatic heterocycles. The molecule has 6 rings (SSSR count). The molecule has 1 aromatic carbocycles. The van der Waals surface area contributed by atoms with Crippen molar-refractivity contribution in [3.8, 4) is 11.5 Å². The van der Waals surface area contributed by atoms with Crippen LogP contribution >= 0.6 is 34.9 Å². The third kappa shape index (κ3) is 8.29. The van der Waals surface area contributed by atoms with Crippen molar-refractivity contribution in [3.05, 3.63) is 70.0 Å². The number of tetrazole rings is 1. The fourth-order valence-corrected chi connectivity index (χ4v) is 7.25. The first-order chi connectivity index (χ1) is 24.7. The number of hydrogen-bond donors (Lipinski definition) is 4. The van der Waals surface area contributed by atoms with Gasteiger partial charge in [-0.25, -0.2) is 4.57 Å². The van der Waals surface area contributed by atoms with Crippen molar-refractivity contribution in [1.29, 1.82) is 0 Å². The van der Waals surface area contributed by atoms with E-state index in [1.54, 1.807) is 24.5 Å². The number of nitrogens with one attached hydrogen (secondary N) is 1. The number of carbonyl (C=O) groups is 4. The molecule has 19 nitrogen and oxygen atoms in total. The molecule has 270 valence electrons. The molecule has 5 heterocycles. The number of ketones is 1. The summed E-state index contributed by atoms with van der Waals surface area (Å²) >= 11 is 8.23. The van der Waals surface area contributed by atoms with Gasteiger partial charge < -0.3 is 41.1 Å². The molecule has 2 aliphatic heterocycles. The summed E-state index contributed by atoms with van der Waals surface area (Å²) in [5, 5.41) is 51.8. The maximum absolute atomic E-state index is 13.7. The van der Waals surface area contributed by atoms with Crippen LogP contribution in [0, 0.1) is 5.92 Å². The van der Waals surface area contributed by atoms with Crippen LogP contribution < -0.4 is 55.4 Å². The molecular weight excluding hydrogens is 765 g/mol. The number of carboxylic acid groups (broad SMARTS) is 1. The number of aliphatic carboxylic acids is 1. The molecule has 1 fully saturated rings. The number of rotatable bonds is 13. The Morgan fingerprint density at radius 3 is 2.62 bits per heavy atom. The fraction of sp³-hybridized carbons (Fsp3) is 0.300. The molecule has 2 amide bonds. The summed E-state index contributed by atoms with van der Waals surface area (Å²) in [6.07, 6.45) is 3.26. The van der Waals surface area contributed by atoms with E-state index < -0.39 is 46.1 Å². The number of fused-ring (bicyclic) bond motifs is 1. The standard InChI is InChI=1S/C30H28ClN11O8S2.Na/c1-30(2,28(48)49)50-37-20(23-34-29(32)52-38-23)18(44)9-16-26(47)42-21(24-35-39-40-36-24)14(12-51-27(16)42)11-41-7-5-13(6-8-41)10-33-25(46)15-3-4-17(43)22(45)19(15)31;/h3-8,16,27H,9-12H2,1-2H3,(H6-,32,33,34,35,36,37,38,39,40,43,44,45,46,48,49);/q;+1/p-1/t16-,27-;/m1./s1. The van der Waals surface area contributed by atoms with Gasteiger partial charge in [0, 0.05) is 48.0 Å². The van der Waals surface area contributed by atoms with Crippen molar-refractivity contribution in [1.82, 2.24) is 40.2 Å². The molecular formula is C30H27ClN11NaO8S2. The number of phenols is 2. The van der Waals surface area contributed by atoms with Gasteiger partial charge in [0.15, 0.2) is 52.7 Å². The SMILES string of the molecule is CC(C)(O/N=C(\C(=O)C[C@@H]1C(=O)N2C(c3nnn[n-]3)=C(C[n+]3ccc(CNC(=O)c4ccc(O)c(O)c4Cl)cc3)CS[C@H]12)c1nsc(N)n1)C(=O)[O-].[Na+]. The van der Waals surface area contributed by atoms with Crippen molar-refractivity contribution in [2.45, 2.75) is 44.3 Å². The topological polar surface area (TPSA) is 277 Å². The number of hydrogen-bond acceptors (Lipinski definition) is 17. The Labute approximate surface area is 335 Å². The zero-order valence-corrected chi connectivity index (χ0v) is 32.5. The number of thioether (sulfide) groups is 1. The molecule has 0 saturated carbocycles. The maximum Gasteiger partial charge on any atom is 1.00 e. The third-order valence-corrected chi connectivity index (χ3v) is 10.3. The van der Waals surface area contributed by atoms with Crippen molar-refractivity contribution in [3.63, 3.8) is 0 Å². The van der Waals surface area contributed by atoms with E-state index in [-0.39, 0.29) is 81.5 Å². The molecule has 23 heteroatoms. The van der Waals surface area contributed by atoms with Gasteiger partial charge in [-0.15, -0.1) is 11.8 Å². The Morgan fingerprint density at radius 2 is 1.98 bits per heavy atom. The number of nitrogen functional groups attached to an aromatic ring is 1. The summed E-state index contributed by atoms with van der Waals surface area (Å²) < 4.78 is 5.86. The Kier molecular flexibility index (Phi) is 12.0. The van der Waals surface area contributed by atoms with Gasteiger partial charge in [-0.1, -0.05) is 16.8 Å². The Balaban J connectivity index is 0.00000541. The molecule has 2 aliphatic rings. The van der Waals surface area contributed by atoms with Crippen LogP contribution in [0.2, 0.25) is 5.02 Å². The normalized spacial score (nSPS) is 17.1. The van der Waals surface area contributed by atoms with Crippen LogP contribution in [0.5, 0.6) is 11.5 Å². The van der Waals surface area contributed by atoms with Gasteiger partial charge in [-0.05, 0) is 31.5 Å². The summed E-state index contributed by atoms with van der Waals surface area (Å²) in [4.78, 5) is 61.9. The summed E-state index contributed by atoms with van der Waals surface area (Å²) in [5.41, 5.74) is 5.39. The fourth-order valence-electron chi connectivity index (χ4n) is 5.17. The monoisotopic (exact) mass is 791 g/mol. The molecule has 0 unspecified atom stereocenters. The number of aromatic hydroxyl groups is 2. The van der Waals surface area contributed by atoms with Gasteiger partial charge in [0.25, 0.3) is 5.91 Å². The van der Waals surface area contributed by atoms with Crippen LogP contribution in [-0.2, 0) is 32.3 Å². The van der Waals surface area contributed by atoms with E-state index in [0.717, 1.165) is 22.7 Å². The first kappa shape index (κ1) is 39.5. The number of aromatic nitrogens is 7. The zero-order chi connectivity index (χ0) is 37.3. The van der Waals surface area contributed by atoms with E-state index in [1.807, 2.05) is 4.57 Å². The van der Waals surface area contributed by atoms with Crippen LogP contribution in [0.3, 0.4) is 0 Å². The van der Waals surface area contributed by atoms with Crippen LogP contribution in [0.15, 0.2) is 47.4 Å². The molecule has 0 bridgehead atoms. The number of benzene rings is 1. The quantitative estimate of drug-likeness (QED) is 0.0254. The number of phenolic OH excluding ortho intramolecular Hbond substituents is 2. The number of Topliss-reactive ketones (excluding diaryl/α,β-unsaturated/α-hetero) is 1. The van der Waals surface area contributed by atoms with Gasteiger partial charge in [-0.3, -0.25) is 29.6 Å². The molecule has 0 radical (unpaired) electrons. The number of anilines is 1. The zero-order valence-electron chi connectivity index (χ0n) is 28.1. The first-order valence-electron chi connectivity index (χ1n) is 15.2. The molecule has 0 spiro atoms. The third-order valence-electron chi connectivity index (χ3n) is 7.99. The predicted octanol–water partition coefficient (Wildman–Crippen LogP) is -3.60.